The van der Waals surface area contributed by atoms with E-state index < -0.39 is 4.92 Å². The Morgan fingerprint density at radius 3 is 2.52 bits per heavy atom. The van der Waals surface area contributed by atoms with Gasteiger partial charge in [0.05, 0.1) is 16.6 Å². The molecule has 0 bridgehead atoms. The maximum atomic E-state index is 12.1. The van der Waals surface area contributed by atoms with Gasteiger partial charge in [0, 0.05) is 17.2 Å². The Bertz CT molecular complexity index is 815. The molecule has 0 saturated carbocycles. The average molecular weight is 306 g/mol. The van der Waals surface area contributed by atoms with Gasteiger partial charge in [0.2, 0.25) is 0 Å². The molecule has 0 amide bonds. The van der Waals surface area contributed by atoms with Crippen LogP contribution < -0.4 is 0 Å². The standard InChI is InChI=1S/C18H14N2O3/c1-2-15-7-3-13(11-17(15)20(22)23)6-10-18(21)16-8-4-14(12-19)5-9-16/h3-11H,2H2,1H3/b10-6+. The lowest BCUT2D eigenvalue weighted by Crippen LogP contribution is -1.96. The first-order chi connectivity index (χ1) is 11.0. The van der Waals surface area contributed by atoms with E-state index in [1.54, 1.807) is 42.5 Å². The minimum atomic E-state index is -0.418. The van der Waals surface area contributed by atoms with Gasteiger partial charge in [0.25, 0.3) is 5.69 Å². The van der Waals surface area contributed by atoms with Crippen LogP contribution in [0.3, 0.4) is 0 Å². The Balaban J connectivity index is 2.22. The number of rotatable bonds is 5. The number of nitro benzene ring substituents is 1. The lowest BCUT2D eigenvalue weighted by molar-refractivity contribution is -0.385. The van der Waals surface area contributed by atoms with E-state index in [1.807, 2.05) is 13.0 Å². The number of hydrogen-bond donors (Lipinski definition) is 0. The normalized spacial score (nSPS) is 10.4. The summed E-state index contributed by atoms with van der Waals surface area (Å²) in [6.45, 7) is 1.85. The first-order valence-electron chi connectivity index (χ1n) is 7.05. The maximum Gasteiger partial charge on any atom is 0.273 e. The van der Waals surface area contributed by atoms with E-state index in [1.165, 1.54) is 12.1 Å². The van der Waals surface area contributed by atoms with E-state index in [0.29, 0.717) is 28.7 Å². The van der Waals surface area contributed by atoms with Crippen LogP contribution in [0.1, 0.15) is 34.0 Å². The quantitative estimate of drug-likeness (QED) is 0.362. The number of carbonyl (C=O) groups excluding carboxylic acids is 1. The number of benzene rings is 2. The summed E-state index contributed by atoms with van der Waals surface area (Å²) in [7, 11) is 0. The SMILES string of the molecule is CCc1ccc(/C=C/C(=O)c2ccc(C#N)cc2)cc1[N+](=O)[O-]. The molecule has 0 aliphatic heterocycles. The monoisotopic (exact) mass is 306 g/mol. The molecule has 0 saturated heterocycles. The minimum Gasteiger partial charge on any atom is -0.289 e. The highest BCUT2D eigenvalue weighted by Gasteiger charge is 2.12. The summed E-state index contributed by atoms with van der Waals surface area (Å²) >= 11 is 0. The zero-order chi connectivity index (χ0) is 16.8. The number of aryl methyl sites for hydroxylation is 1. The minimum absolute atomic E-state index is 0.0560. The predicted molar refractivity (Wildman–Crippen MR) is 87.0 cm³/mol. The molecule has 5 nitrogen and oxygen atoms in total. The molecule has 0 fully saturated rings. The fourth-order valence-electron chi connectivity index (χ4n) is 2.13. The van der Waals surface area contributed by atoms with E-state index in [2.05, 4.69) is 0 Å². The van der Waals surface area contributed by atoms with E-state index in [9.17, 15) is 14.9 Å². The van der Waals surface area contributed by atoms with Crippen molar-refractivity contribution in [2.75, 3.05) is 0 Å². The lowest BCUT2D eigenvalue weighted by atomic mass is 10.0. The van der Waals surface area contributed by atoms with Crippen LogP contribution in [0, 0.1) is 21.4 Å². The molecule has 5 heteroatoms. The summed E-state index contributed by atoms with van der Waals surface area (Å²) in [6.07, 6.45) is 3.49. The molecule has 0 heterocycles. The van der Waals surface area contributed by atoms with Gasteiger partial charge in [-0.05, 0) is 42.3 Å². The largest absolute Gasteiger partial charge is 0.289 e. The fraction of sp³-hybridized carbons (Fsp3) is 0.111. The molecule has 23 heavy (non-hydrogen) atoms. The summed E-state index contributed by atoms with van der Waals surface area (Å²) in [5.74, 6) is -0.225. The molecule has 2 rings (SSSR count). The molecule has 2 aromatic rings. The fourth-order valence-corrected chi connectivity index (χ4v) is 2.13. The van der Waals surface area contributed by atoms with Crippen molar-refractivity contribution < 1.29 is 9.72 Å². The molecule has 0 aliphatic carbocycles. The molecular formula is C18H14N2O3. The van der Waals surface area contributed by atoms with Crippen molar-refractivity contribution in [3.63, 3.8) is 0 Å². The summed E-state index contributed by atoms with van der Waals surface area (Å²) in [4.78, 5) is 22.7. The number of ketones is 1. The second-order valence-electron chi connectivity index (χ2n) is 4.89. The Labute approximate surface area is 133 Å². The molecule has 0 atom stereocenters. The number of nitriles is 1. The first kappa shape index (κ1) is 16.1. The lowest BCUT2D eigenvalue weighted by Gasteiger charge is -2.01. The first-order valence-corrected chi connectivity index (χ1v) is 7.05. The Hall–Kier alpha value is -3.26. The summed E-state index contributed by atoms with van der Waals surface area (Å²) in [5, 5.41) is 19.8. The zero-order valence-electron chi connectivity index (χ0n) is 12.5. The smallest absolute Gasteiger partial charge is 0.273 e. The van der Waals surface area contributed by atoms with Crippen molar-refractivity contribution in [2.24, 2.45) is 0 Å². The van der Waals surface area contributed by atoms with Crippen molar-refractivity contribution in [1.82, 2.24) is 0 Å². The van der Waals surface area contributed by atoms with Crippen LogP contribution in [-0.2, 0) is 6.42 Å². The van der Waals surface area contributed by atoms with Crippen LogP contribution in [0.15, 0.2) is 48.5 Å². The molecule has 114 valence electrons. The van der Waals surface area contributed by atoms with Crippen LogP contribution in [0.25, 0.3) is 6.08 Å². The molecular weight excluding hydrogens is 292 g/mol. The summed E-state index contributed by atoms with van der Waals surface area (Å²) in [6, 6.07) is 13.2. The number of nitrogens with zero attached hydrogens (tertiary/aromatic N) is 2. The third kappa shape index (κ3) is 3.89. The van der Waals surface area contributed by atoms with Gasteiger partial charge in [0.1, 0.15) is 0 Å². The average Bonchev–Trinajstić information content (AvgIpc) is 2.59. The highest BCUT2D eigenvalue weighted by molar-refractivity contribution is 6.06. The number of carbonyl (C=O) groups is 1. The van der Waals surface area contributed by atoms with Gasteiger partial charge in [-0.25, -0.2) is 0 Å². The highest BCUT2D eigenvalue weighted by atomic mass is 16.6. The summed E-state index contributed by atoms with van der Waals surface area (Å²) < 4.78 is 0. The molecule has 0 aliphatic rings. The Morgan fingerprint density at radius 1 is 1.26 bits per heavy atom. The van der Waals surface area contributed by atoms with E-state index in [-0.39, 0.29) is 11.5 Å². The molecule has 0 radical (unpaired) electrons. The van der Waals surface area contributed by atoms with Crippen LogP contribution in [-0.4, -0.2) is 10.7 Å². The van der Waals surface area contributed by atoms with Gasteiger partial charge in [-0.1, -0.05) is 25.1 Å². The predicted octanol–water partition coefficient (Wildman–Crippen LogP) is 3.92. The molecule has 0 unspecified atom stereocenters. The van der Waals surface area contributed by atoms with E-state index in [4.69, 9.17) is 5.26 Å². The van der Waals surface area contributed by atoms with Crippen molar-refractivity contribution in [1.29, 1.82) is 5.26 Å². The number of hydrogen-bond acceptors (Lipinski definition) is 4. The summed E-state index contributed by atoms with van der Waals surface area (Å²) in [5.41, 5.74) is 2.25. The maximum absolute atomic E-state index is 12.1. The highest BCUT2D eigenvalue weighted by Crippen LogP contribution is 2.21. The number of allylic oxidation sites excluding steroid dienone is 1. The van der Waals surface area contributed by atoms with E-state index in [0.717, 1.165) is 0 Å². The zero-order valence-corrected chi connectivity index (χ0v) is 12.5. The molecule has 0 N–H and O–H groups in total. The van der Waals surface area contributed by atoms with Crippen LogP contribution in [0.4, 0.5) is 5.69 Å². The Kier molecular flexibility index (Phi) is 5.00. The van der Waals surface area contributed by atoms with Gasteiger partial charge in [-0.2, -0.15) is 5.26 Å². The van der Waals surface area contributed by atoms with Crippen LogP contribution in [0.5, 0.6) is 0 Å². The van der Waals surface area contributed by atoms with Gasteiger partial charge >= 0.3 is 0 Å². The third-order valence-corrected chi connectivity index (χ3v) is 3.41. The van der Waals surface area contributed by atoms with Crippen molar-refractivity contribution in [3.05, 3.63) is 80.9 Å². The number of nitro groups is 1. The Morgan fingerprint density at radius 2 is 1.96 bits per heavy atom. The van der Waals surface area contributed by atoms with Gasteiger partial charge < -0.3 is 0 Å². The molecule has 0 spiro atoms. The topological polar surface area (TPSA) is 84.0 Å². The van der Waals surface area contributed by atoms with Gasteiger partial charge in [-0.3, -0.25) is 14.9 Å². The van der Waals surface area contributed by atoms with Gasteiger partial charge in [-0.15, -0.1) is 0 Å². The molecule has 0 aromatic heterocycles. The molecule has 2 aromatic carbocycles. The van der Waals surface area contributed by atoms with Crippen LogP contribution in [0.2, 0.25) is 0 Å². The second kappa shape index (κ2) is 7.14. The van der Waals surface area contributed by atoms with Crippen molar-refractivity contribution in [3.8, 4) is 6.07 Å². The van der Waals surface area contributed by atoms with Crippen molar-refractivity contribution >= 4 is 17.5 Å². The second-order valence-corrected chi connectivity index (χ2v) is 4.89. The third-order valence-electron chi connectivity index (χ3n) is 3.41. The van der Waals surface area contributed by atoms with Crippen molar-refractivity contribution in [2.45, 2.75) is 13.3 Å². The van der Waals surface area contributed by atoms with E-state index >= 15 is 0 Å². The van der Waals surface area contributed by atoms with Gasteiger partial charge in [0.15, 0.2) is 5.78 Å². The van der Waals surface area contributed by atoms with Crippen LogP contribution >= 0.6 is 0 Å².